The van der Waals surface area contributed by atoms with E-state index in [0.717, 1.165) is 5.56 Å². The third-order valence-electron chi connectivity index (χ3n) is 5.10. The molecule has 0 N–H and O–H groups in total. The van der Waals surface area contributed by atoms with Gasteiger partial charge in [0.15, 0.2) is 5.41 Å². The van der Waals surface area contributed by atoms with E-state index in [4.69, 9.17) is 9.47 Å². The zero-order valence-electron chi connectivity index (χ0n) is 17.0. The van der Waals surface area contributed by atoms with Gasteiger partial charge in [0.1, 0.15) is 0 Å². The van der Waals surface area contributed by atoms with Crippen LogP contribution in [0.5, 0.6) is 0 Å². The standard InChI is InChI=1S/C21H29NO6/c1-15(2)10-11-17(22(25)26)14-21(13-12-16-8-6-5-7-9-16)18(23)27-20(3,4)28-19(21)24/h5-9,15,17H,10-14H2,1-4H3/t17-/m0/s1. The number of nitrogens with zero attached hydrogens (tertiary/aromatic N) is 1. The van der Waals surface area contributed by atoms with Crippen LogP contribution in [0, 0.1) is 21.4 Å². The molecule has 2 rings (SSSR count). The average Bonchev–Trinajstić information content (AvgIpc) is 2.59. The first kappa shape index (κ1) is 21.9. The summed E-state index contributed by atoms with van der Waals surface area (Å²) >= 11 is 0. The van der Waals surface area contributed by atoms with Crippen molar-refractivity contribution in [1.82, 2.24) is 0 Å². The summed E-state index contributed by atoms with van der Waals surface area (Å²) < 4.78 is 10.7. The first-order valence-corrected chi connectivity index (χ1v) is 9.70. The highest BCUT2D eigenvalue weighted by molar-refractivity contribution is 6.01. The van der Waals surface area contributed by atoms with Gasteiger partial charge in [-0.25, -0.2) is 0 Å². The maximum absolute atomic E-state index is 12.9. The van der Waals surface area contributed by atoms with Crippen molar-refractivity contribution in [2.45, 2.75) is 71.6 Å². The van der Waals surface area contributed by atoms with Crippen molar-refractivity contribution in [1.29, 1.82) is 0 Å². The number of ether oxygens (including phenoxy) is 2. The maximum atomic E-state index is 12.9. The van der Waals surface area contributed by atoms with Crippen molar-refractivity contribution < 1.29 is 24.0 Å². The monoisotopic (exact) mass is 391 g/mol. The van der Waals surface area contributed by atoms with Crippen LogP contribution in [0.25, 0.3) is 0 Å². The van der Waals surface area contributed by atoms with Gasteiger partial charge in [-0.1, -0.05) is 44.2 Å². The van der Waals surface area contributed by atoms with Crippen LogP contribution in [-0.4, -0.2) is 28.7 Å². The van der Waals surface area contributed by atoms with Crippen LogP contribution in [0.4, 0.5) is 0 Å². The second kappa shape index (κ2) is 8.71. The molecule has 28 heavy (non-hydrogen) atoms. The van der Waals surface area contributed by atoms with Gasteiger partial charge in [0, 0.05) is 31.6 Å². The van der Waals surface area contributed by atoms with Gasteiger partial charge in [-0.2, -0.15) is 0 Å². The third-order valence-corrected chi connectivity index (χ3v) is 5.10. The maximum Gasteiger partial charge on any atom is 0.327 e. The van der Waals surface area contributed by atoms with E-state index < -0.39 is 34.1 Å². The SMILES string of the molecule is CC(C)CC[C@@H](CC1(CCc2ccccc2)C(=O)OC(C)(C)OC1=O)[N+](=O)[O-]. The summed E-state index contributed by atoms with van der Waals surface area (Å²) in [5.74, 6) is -2.55. The van der Waals surface area contributed by atoms with Gasteiger partial charge in [-0.3, -0.25) is 19.7 Å². The quantitative estimate of drug-likeness (QED) is 0.274. The van der Waals surface area contributed by atoms with Crippen molar-refractivity contribution in [3.63, 3.8) is 0 Å². The highest BCUT2D eigenvalue weighted by Crippen LogP contribution is 2.41. The van der Waals surface area contributed by atoms with E-state index in [9.17, 15) is 19.7 Å². The molecule has 1 heterocycles. The Morgan fingerprint density at radius 1 is 1.04 bits per heavy atom. The molecule has 7 heteroatoms. The minimum atomic E-state index is -1.67. The van der Waals surface area contributed by atoms with Gasteiger partial charge < -0.3 is 9.47 Å². The number of carbonyl (C=O) groups is 2. The molecule has 0 unspecified atom stereocenters. The van der Waals surface area contributed by atoms with Gasteiger partial charge in [0.05, 0.1) is 0 Å². The van der Waals surface area contributed by atoms with Crippen LogP contribution >= 0.6 is 0 Å². The van der Waals surface area contributed by atoms with E-state index in [2.05, 4.69) is 0 Å². The van der Waals surface area contributed by atoms with E-state index >= 15 is 0 Å². The molecule has 0 aliphatic carbocycles. The lowest BCUT2D eigenvalue weighted by atomic mass is 9.75. The molecule has 0 saturated carbocycles. The van der Waals surface area contributed by atoms with Crippen molar-refractivity contribution in [3.05, 3.63) is 46.0 Å². The molecular weight excluding hydrogens is 362 g/mol. The molecule has 0 amide bonds. The molecule has 1 atom stereocenters. The molecular formula is C21H29NO6. The molecule has 7 nitrogen and oxygen atoms in total. The van der Waals surface area contributed by atoms with Gasteiger partial charge in [-0.15, -0.1) is 0 Å². The predicted octanol–water partition coefficient (Wildman–Crippen LogP) is 3.91. The van der Waals surface area contributed by atoms with Crippen LogP contribution in [0.3, 0.4) is 0 Å². The van der Waals surface area contributed by atoms with Crippen LogP contribution in [0.2, 0.25) is 0 Å². The zero-order valence-corrected chi connectivity index (χ0v) is 17.0. The number of aryl methyl sites for hydroxylation is 1. The lowest BCUT2D eigenvalue weighted by Gasteiger charge is -2.40. The summed E-state index contributed by atoms with van der Waals surface area (Å²) in [6, 6.07) is 8.37. The Hall–Kier alpha value is -2.44. The van der Waals surface area contributed by atoms with Gasteiger partial charge in [0.25, 0.3) is 5.79 Å². The molecule has 1 saturated heterocycles. The molecule has 1 aliphatic heterocycles. The molecule has 1 aliphatic rings. The Labute approximate surface area is 165 Å². The second-order valence-corrected chi connectivity index (χ2v) is 8.36. The Balaban J connectivity index is 2.30. The number of rotatable bonds is 9. The summed E-state index contributed by atoms with van der Waals surface area (Å²) in [4.78, 5) is 37.1. The van der Waals surface area contributed by atoms with Crippen molar-refractivity contribution in [3.8, 4) is 0 Å². The van der Waals surface area contributed by atoms with Gasteiger partial charge >= 0.3 is 11.9 Å². The Morgan fingerprint density at radius 2 is 1.61 bits per heavy atom. The summed E-state index contributed by atoms with van der Waals surface area (Å²) in [5, 5.41) is 11.6. The fourth-order valence-corrected chi connectivity index (χ4v) is 3.43. The minimum Gasteiger partial charge on any atom is -0.422 e. The molecule has 0 spiro atoms. The van der Waals surface area contributed by atoms with E-state index in [1.807, 2.05) is 44.2 Å². The van der Waals surface area contributed by atoms with Crippen molar-refractivity contribution in [2.75, 3.05) is 0 Å². The van der Waals surface area contributed by atoms with Gasteiger partial charge in [0.2, 0.25) is 6.04 Å². The molecule has 1 aromatic rings. The average molecular weight is 391 g/mol. The normalized spacial score (nSPS) is 19.0. The predicted molar refractivity (Wildman–Crippen MR) is 103 cm³/mol. The lowest BCUT2D eigenvalue weighted by molar-refractivity contribution is -0.527. The Morgan fingerprint density at radius 3 is 2.11 bits per heavy atom. The Bertz CT molecular complexity index is 693. The lowest BCUT2D eigenvalue weighted by Crippen LogP contribution is -2.55. The van der Waals surface area contributed by atoms with Crippen LogP contribution in [-0.2, 0) is 25.5 Å². The molecule has 1 aromatic carbocycles. The molecule has 0 aromatic heterocycles. The summed E-state index contributed by atoms with van der Waals surface area (Å²) in [7, 11) is 0. The number of carbonyl (C=O) groups excluding carboxylic acids is 2. The topological polar surface area (TPSA) is 95.7 Å². The highest BCUT2D eigenvalue weighted by Gasteiger charge is 2.58. The number of benzene rings is 1. The van der Waals surface area contributed by atoms with Crippen LogP contribution in [0.1, 0.15) is 58.9 Å². The van der Waals surface area contributed by atoms with E-state index in [1.165, 1.54) is 13.8 Å². The van der Waals surface area contributed by atoms with Crippen molar-refractivity contribution in [2.24, 2.45) is 11.3 Å². The first-order chi connectivity index (χ1) is 13.1. The van der Waals surface area contributed by atoms with Crippen LogP contribution < -0.4 is 0 Å². The van der Waals surface area contributed by atoms with Crippen molar-refractivity contribution >= 4 is 11.9 Å². The molecule has 1 fully saturated rings. The number of hydrogen-bond donors (Lipinski definition) is 0. The van der Waals surface area contributed by atoms with E-state index in [1.54, 1.807) is 0 Å². The highest BCUT2D eigenvalue weighted by atomic mass is 16.7. The zero-order chi connectivity index (χ0) is 20.9. The number of nitro groups is 1. The number of esters is 2. The fraction of sp³-hybridized carbons (Fsp3) is 0.619. The van der Waals surface area contributed by atoms with E-state index in [0.29, 0.717) is 19.3 Å². The molecule has 0 radical (unpaired) electrons. The Kier molecular flexibility index (Phi) is 6.80. The summed E-state index contributed by atoms with van der Waals surface area (Å²) in [6.07, 6.45) is 1.24. The summed E-state index contributed by atoms with van der Waals surface area (Å²) in [5.41, 5.74) is -0.729. The molecule has 154 valence electrons. The second-order valence-electron chi connectivity index (χ2n) is 8.36. The van der Waals surface area contributed by atoms with Crippen LogP contribution in [0.15, 0.2) is 30.3 Å². The fourth-order valence-electron chi connectivity index (χ4n) is 3.43. The first-order valence-electron chi connectivity index (χ1n) is 9.70. The summed E-state index contributed by atoms with van der Waals surface area (Å²) in [6.45, 7) is 6.92. The smallest absolute Gasteiger partial charge is 0.327 e. The minimum absolute atomic E-state index is 0.108. The van der Waals surface area contributed by atoms with Gasteiger partial charge in [-0.05, 0) is 30.7 Å². The third kappa shape index (κ3) is 5.30. The number of hydrogen-bond acceptors (Lipinski definition) is 6. The number of cyclic esters (lactones) is 2. The van der Waals surface area contributed by atoms with E-state index in [-0.39, 0.29) is 18.8 Å². The molecule has 0 bridgehead atoms. The largest absolute Gasteiger partial charge is 0.422 e.